The molecule has 2 rings (SSSR count). The Morgan fingerprint density at radius 3 is 2.31 bits per heavy atom. The monoisotopic (exact) mass is 460 g/mol. The van der Waals surface area contributed by atoms with Crippen LogP contribution < -0.4 is 10.6 Å². The Morgan fingerprint density at radius 1 is 0.875 bits per heavy atom. The van der Waals surface area contributed by atoms with E-state index < -0.39 is 30.4 Å². The molecule has 0 radical (unpaired) electrons. The highest BCUT2D eigenvalue weighted by molar-refractivity contribution is 6.30. The van der Waals surface area contributed by atoms with E-state index in [1.165, 1.54) is 6.07 Å². The summed E-state index contributed by atoms with van der Waals surface area (Å²) in [5, 5.41) is 5.71. The van der Waals surface area contributed by atoms with Gasteiger partial charge in [-0.15, -0.1) is 0 Å². The maximum absolute atomic E-state index is 12.1. The van der Waals surface area contributed by atoms with Crippen LogP contribution in [0.2, 0.25) is 5.02 Å². The zero-order chi connectivity index (χ0) is 23.3. The van der Waals surface area contributed by atoms with E-state index in [0.717, 1.165) is 12.8 Å². The van der Waals surface area contributed by atoms with Crippen LogP contribution in [0, 0.1) is 0 Å². The van der Waals surface area contributed by atoms with Gasteiger partial charge in [-0.2, -0.15) is 0 Å². The van der Waals surface area contributed by atoms with Gasteiger partial charge in [0.15, 0.2) is 6.61 Å². The highest BCUT2D eigenvalue weighted by Gasteiger charge is 2.12. The first-order chi connectivity index (χ1) is 15.4. The van der Waals surface area contributed by atoms with Crippen LogP contribution in [0.3, 0.4) is 0 Å². The number of nitrogens with one attached hydrogen (secondary N) is 2. The van der Waals surface area contributed by atoms with Crippen molar-refractivity contribution in [3.8, 4) is 0 Å². The van der Waals surface area contributed by atoms with E-state index >= 15 is 0 Å². The van der Waals surface area contributed by atoms with Gasteiger partial charge in [0.1, 0.15) is 0 Å². The van der Waals surface area contributed by atoms with Crippen molar-refractivity contribution in [2.75, 3.05) is 23.8 Å². The summed E-state index contributed by atoms with van der Waals surface area (Å²) in [7, 11) is 0. The molecule has 0 aliphatic heterocycles. The smallest absolute Gasteiger partial charge is 0.338 e. The minimum Gasteiger partial charge on any atom is -0.462 e. The second-order valence-electron chi connectivity index (χ2n) is 6.83. The number of benzene rings is 2. The molecule has 0 aromatic heterocycles. The fraction of sp³-hybridized carbons (Fsp3) is 0.304. The van der Waals surface area contributed by atoms with E-state index in [9.17, 15) is 19.2 Å². The average molecular weight is 461 g/mol. The molecule has 2 aromatic rings. The quantitative estimate of drug-likeness (QED) is 0.384. The number of unbranched alkanes of at least 4 members (excludes halogenated alkanes) is 1. The minimum absolute atomic E-state index is 0.136. The third-order valence-corrected chi connectivity index (χ3v) is 4.41. The molecule has 0 spiro atoms. The normalized spacial score (nSPS) is 10.2. The molecule has 0 saturated carbocycles. The molecule has 2 N–H and O–H groups in total. The zero-order valence-corrected chi connectivity index (χ0v) is 18.4. The molecule has 8 nitrogen and oxygen atoms in total. The summed E-state index contributed by atoms with van der Waals surface area (Å²) in [5.74, 6) is -2.08. The van der Waals surface area contributed by atoms with E-state index in [1.54, 1.807) is 42.5 Å². The van der Waals surface area contributed by atoms with Crippen molar-refractivity contribution in [2.24, 2.45) is 0 Å². The van der Waals surface area contributed by atoms with Crippen molar-refractivity contribution >= 4 is 46.7 Å². The molecule has 0 aliphatic rings. The van der Waals surface area contributed by atoms with Crippen LogP contribution in [0.5, 0.6) is 0 Å². The molecule has 170 valence electrons. The van der Waals surface area contributed by atoms with Crippen LogP contribution in [0.1, 0.15) is 43.0 Å². The molecule has 9 heteroatoms. The summed E-state index contributed by atoms with van der Waals surface area (Å²) in [4.78, 5) is 47.7. The van der Waals surface area contributed by atoms with Gasteiger partial charge >= 0.3 is 11.9 Å². The number of carbonyl (C=O) groups is 4. The first-order valence-corrected chi connectivity index (χ1v) is 10.5. The fourth-order valence-electron chi connectivity index (χ4n) is 2.50. The standard InChI is InChI=1S/C23H25ClN2O6/c1-2-3-13-31-23(30)16-5-4-6-19(14-16)26-20(27)11-12-22(29)32-15-21(28)25-18-9-7-17(24)8-10-18/h4-10,14H,2-3,11-13,15H2,1H3,(H,25,28)(H,26,27). The molecule has 0 bridgehead atoms. The van der Waals surface area contributed by atoms with Crippen LogP contribution in [0.4, 0.5) is 11.4 Å². The summed E-state index contributed by atoms with van der Waals surface area (Å²) < 4.78 is 10.0. The lowest BCUT2D eigenvalue weighted by atomic mass is 10.2. The third kappa shape index (κ3) is 9.18. The molecule has 2 aromatic carbocycles. The second kappa shape index (κ2) is 13.1. The van der Waals surface area contributed by atoms with Crippen LogP contribution in [0.25, 0.3) is 0 Å². The first-order valence-electron chi connectivity index (χ1n) is 10.2. The van der Waals surface area contributed by atoms with Crippen molar-refractivity contribution < 1.29 is 28.7 Å². The topological polar surface area (TPSA) is 111 Å². The summed E-state index contributed by atoms with van der Waals surface area (Å²) in [5.41, 5.74) is 1.26. The van der Waals surface area contributed by atoms with Gasteiger partial charge in [-0.1, -0.05) is 31.0 Å². The maximum atomic E-state index is 12.1. The van der Waals surface area contributed by atoms with Crippen LogP contribution in [-0.4, -0.2) is 37.0 Å². The number of rotatable bonds is 11. The summed E-state index contributed by atoms with van der Waals surface area (Å²) in [6.45, 7) is 1.87. The van der Waals surface area contributed by atoms with Crippen LogP contribution >= 0.6 is 11.6 Å². The number of carbonyl (C=O) groups excluding carboxylic acids is 4. The van der Waals surface area contributed by atoms with Gasteiger partial charge < -0.3 is 20.1 Å². The SMILES string of the molecule is CCCCOC(=O)c1cccc(NC(=O)CCC(=O)OCC(=O)Nc2ccc(Cl)cc2)c1. The van der Waals surface area contributed by atoms with Gasteiger partial charge in [-0.25, -0.2) is 4.79 Å². The average Bonchev–Trinajstić information content (AvgIpc) is 2.78. The molecular weight excluding hydrogens is 436 g/mol. The van der Waals surface area contributed by atoms with Gasteiger partial charge in [0.25, 0.3) is 5.91 Å². The Morgan fingerprint density at radius 2 is 1.59 bits per heavy atom. The molecule has 0 unspecified atom stereocenters. The number of esters is 2. The Bertz CT molecular complexity index is 946. The van der Waals surface area contributed by atoms with Gasteiger partial charge in [0.05, 0.1) is 18.6 Å². The zero-order valence-electron chi connectivity index (χ0n) is 17.7. The number of anilines is 2. The van der Waals surface area contributed by atoms with Crippen molar-refractivity contribution in [3.05, 3.63) is 59.1 Å². The number of hydrogen-bond acceptors (Lipinski definition) is 6. The number of amides is 2. The molecule has 0 fully saturated rings. The highest BCUT2D eigenvalue weighted by atomic mass is 35.5. The van der Waals surface area contributed by atoms with E-state index in [0.29, 0.717) is 28.6 Å². The highest BCUT2D eigenvalue weighted by Crippen LogP contribution is 2.14. The summed E-state index contributed by atoms with van der Waals surface area (Å²) in [6.07, 6.45) is 1.36. The molecule has 0 atom stereocenters. The van der Waals surface area contributed by atoms with Crippen molar-refractivity contribution in [2.45, 2.75) is 32.6 Å². The third-order valence-electron chi connectivity index (χ3n) is 4.16. The van der Waals surface area contributed by atoms with Crippen molar-refractivity contribution in [1.29, 1.82) is 0 Å². The van der Waals surface area contributed by atoms with Crippen molar-refractivity contribution in [1.82, 2.24) is 0 Å². The van der Waals surface area contributed by atoms with E-state index in [4.69, 9.17) is 21.1 Å². The van der Waals surface area contributed by atoms with E-state index in [-0.39, 0.29) is 12.8 Å². The molecule has 2 amide bonds. The van der Waals surface area contributed by atoms with Gasteiger partial charge in [0, 0.05) is 22.8 Å². The maximum Gasteiger partial charge on any atom is 0.338 e. The van der Waals surface area contributed by atoms with Gasteiger partial charge in [-0.3, -0.25) is 14.4 Å². The van der Waals surface area contributed by atoms with E-state index in [1.807, 2.05) is 6.92 Å². The van der Waals surface area contributed by atoms with Crippen LogP contribution in [0.15, 0.2) is 48.5 Å². The molecule has 0 heterocycles. The predicted octanol–water partition coefficient (Wildman–Crippen LogP) is 4.20. The molecule has 0 saturated heterocycles. The second-order valence-corrected chi connectivity index (χ2v) is 7.27. The first kappa shape index (κ1) is 24.9. The largest absolute Gasteiger partial charge is 0.462 e. The molecular formula is C23H25ClN2O6. The minimum atomic E-state index is -0.681. The number of halogens is 1. The Kier molecular flexibility index (Phi) is 10.2. The molecule has 32 heavy (non-hydrogen) atoms. The lowest BCUT2D eigenvalue weighted by molar-refractivity contribution is -0.147. The Balaban J connectivity index is 1.71. The number of ether oxygens (including phenoxy) is 2. The Hall–Kier alpha value is -3.39. The fourth-order valence-corrected chi connectivity index (χ4v) is 2.63. The van der Waals surface area contributed by atoms with Gasteiger partial charge in [-0.05, 0) is 48.9 Å². The lowest BCUT2D eigenvalue weighted by Gasteiger charge is -2.08. The molecule has 0 aliphatic carbocycles. The van der Waals surface area contributed by atoms with E-state index in [2.05, 4.69) is 10.6 Å². The summed E-state index contributed by atoms with van der Waals surface area (Å²) in [6, 6.07) is 12.8. The number of hydrogen-bond donors (Lipinski definition) is 2. The Labute approximate surface area is 191 Å². The lowest BCUT2D eigenvalue weighted by Crippen LogP contribution is -2.21. The van der Waals surface area contributed by atoms with Gasteiger partial charge in [0.2, 0.25) is 5.91 Å². The summed E-state index contributed by atoms with van der Waals surface area (Å²) >= 11 is 5.77. The van der Waals surface area contributed by atoms with Crippen molar-refractivity contribution in [3.63, 3.8) is 0 Å². The predicted molar refractivity (Wildman–Crippen MR) is 121 cm³/mol. The van der Waals surface area contributed by atoms with Crippen LogP contribution in [-0.2, 0) is 23.9 Å².